The number of hydrogen-bond donors (Lipinski definition) is 2. The summed E-state index contributed by atoms with van der Waals surface area (Å²) in [6, 6.07) is 5.53. The molecule has 0 heterocycles. The molecule has 5 nitrogen and oxygen atoms in total. The van der Waals surface area contributed by atoms with Gasteiger partial charge >= 0.3 is 5.97 Å². The maximum Gasteiger partial charge on any atom is 0.326 e. The van der Waals surface area contributed by atoms with Crippen LogP contribution in [0.5, 0.6) is 0 Å². The fourth-order valence-corrected chi connectivity index (χ4v) is 2.50. The van der Waals surface area contributed by atoms with Crippen LogP contribution in [-0.2, 0) is 9.59 Å². The number of benzene rings is 1. The summed E-state index contributed by atoms with van der Waals surface area (Å²) in [5.41, 5.74) is 0.726. The van der Waals surface area contributed by atoms with Crippen molar-refractivity contribution in [2.45, 2.75) is 32.4 Å². The second-order valence-electron chi connectivity index (χ2n) is 5.95. The number of carboxylic acids is 1. The molecule has 0 aliphatic carbocycles. The van der Waals surface area contributed by atoms with Crippen molar-refractivity contribution in [3.63, 3.8) is 0 Å². The molecule has 0 bridgehead atoms. The molecule has 1 unspecified atom stereocenters. The van der Waals surface area contributed by atoms with E-state index in [-0.39, 0.29) is 11.8 Å². The van der Waals surface area contributed by atoms with Crippen molar-refractivity contribution in [2.75, 3.05) is 14.1 Å². The molecule has 0 fully saturated rings. The molecule has 0 spiro atoms. The second kappa shape index (κ2) is 8.15. The Morgan fingerprint density at radius 3 is 2.41 bits per heavy atom. The summed E-state index contributed by atoms with van der Waals surface area (Å²) in [6.45, 7) is 3.84. The Hall–Kier alpha value is -1.59. The standard InChI is InChI=1S/C16H23ClN2O3/c1-10(2)8-13(16(21)22)18-15(20)14(19(3)4)11-6-5-7-12(17)9-11/h5-7,9-10,13-14H,8H2,1-4H3,(H,18,20)(H,21,22)/t13-,14?/m1/s1. The maximum atomic E-state index is 12.5. The van der Waals surface area contributed by atoms with E-state index in [9.17, 15) is 14.7 Å². The number of hydrogen-bond acceptors (Lipinski definition) is 3. The van der Waals surface area contributed by atoms with Gasteiger partial charge in [-0.05, 0) is 44.1 Å². The van der Waals surface area contributed by atoms with Crippen LogP contribution in [0, 0.1) is 5.92 Å². The molecule has 1 rings (SSSR count). The largest absolute Gasteiger partial charge is 0.480 e. The highest BCUT2D eigenvalue weighted by molar-refractivity contribution is 6.30. The topological polar surface area (TPSA) is 69.6 Å². The average Bonchev–Trinajstić information content (AvgIpc) is 2.36. The van der Waals surface area contributed by atoms with Crippen LogP contribution in [0.4, 0.5) is 0 Å². The van der Waals surface area contributed by atoms with Crippen molar-refractivity contribution in [2.24, 2.45) is 5.92 Å². The quantitative estimate of drug-likeness (QED) is 0.808. The number of rotatable bonds is 7. The van der Waals surface area contributed by atoms with Crippen LogP contribution in [0.25, 0.3) is 0 Å². The summed E-state index contributed by atoms with van der Waals surface area (Å²) in [4.78, 5) is 25.6. The fraction of sp³-hybridized carbons (Fsp3) is 0.500. The molecular weight excluding hydrogens is 304 g/mol. The zero-order chi connectivity index (χ0) is 16.9. The Morgan fingerprint density at radius 1 is 1.32 bits per heavy atom. The lowest BCUT2D eigenvalue weighted by atomic mass is 10.0. The molecule has 2 atom stereocenters. The summed E-state index contributed by atoms with van der Waals surface area (Å²) in [6.07, 6.45) is 0.386. The van der Waals surface area contributed by atoms with Crippen LogP contribution < -0.4 is 5.32 Å². The van der Waals surface area contributed by atoms with Gasteiger partial charge < -0.3 is 10.4 Å². The Kier molecular flexibility index (Phi) is 6.84. The van der Waals surface area contributed by atoms with Crippen molar-refractivity contribution in [3.8, 4) is 0 Å². The van der Waals surface area contributed by atoms with Gasteiger partial charge in [-0.1, -0.05) is 37.6 Å². The second-order valence-corrected chi connectivity index (χ2v) is 6.39. The minimum absolute atomic E-state index is 0.172. The van der Waals surface area contributed by atoms with Gasteiger partial charge in [0.1, 0.15) is 12.1 Å². The Balaban J connectivity index is 2.96. The van der Waals surface area contributed by atoms with Crippen LogP contribution in [0.2, 0.25) is 5.02 Å². The number of carbonyl (C=O) groups is 2. The number of carbonyl (C=O) groups excluding carboxylic acids is 1. The lowest BCUT2D eigenvalue weighted by Gasteiger charge is -2.26. The van der Waals surface area contributed by atoms with E-state index in [1.807, 2.05) is 13.8 Å². The summed E-state index contributed by atoms with van der Waals surface area (Å²) in [7, 11) is 3.53. The zero-order valence-corrected chi connectivity index (χ0v) is 14.1. The summed E-state index contributed by atoms with van der Waals surface area (Å²) >= 11 is 5.98. The minimum Gasteiger partial charge on any atom is -0.480 e. The summed E-state index contributed by atoms with van der Waals surface area (Å²) in [5, 5.41) is 12.4. The fourth-order valence-electron chi connectivity index (χ4n) is 2.30. The maximum absolute atomic E-state index is 12.5. The van der Waals surface area contributed by atoms with Crippen molar-refractivity contribution in [1.29, 1.82) is 0 Å². The highest BCUT2D eigenvalue weighted by Crippen LogP contribution is 2.22. The van der Waals surface area contributed by atoms with Crippen molar-refractivity contribution in [1.82, 2.24) is 10.2 Å². The van der Waals surface area contributed by atoms with E-state index in [4.69, 9.17) is 11.6 Å². The van der Waals surface area contributed by atoms with Crippen LogP contribution in [-0.4, -0.2) is 42.0 Å². The van der Waals surface area contributed by atoms with E-state index in [2.05, 4.69) is 5.32 Å². The number of amides is 1. The zero-order valence-electron chi connectivity index (χ0n) is 13.3. The lowest BCUT2D eigenvalue weighted by molar-refractivity contribution is -0.143. The minimum atomic E-state index is -1.02. The molecule has 0 saturated heterocycles. The molecule has 0 saturated carbocycles. The Morgan fingerprint density at radius 2 is 1.95 bits per heavy atom. The van der Waals surface area contributed by atoms with E-state index < -0.39 is 18.1 Å². The van der Waals surface area contributed by atoms with Crippen molar-refractivity contribution in [3.05, 3.63) is 34.9 Å². The van der Waals surface area contributed by atoms with Crippen LogP contribution >= 0.6 is 11.6 Å². The monoisotopic (exact) mass is 326 g/mol. The van der Waals surface area contributed by atoms with Crippen LogP contribution in [0.3, 0.4) is 0 Å². The Bertz CT molecular complexity index is 532. The van der Waals surface area contributed by atoms with Gasteiger partial charge in [0.2, 0.25) is 5.91 Å². The van der Waals surface area contributed by atoms with E-state index in [0.717, 1.165) is 5.56 Å². The van der Waals surface area contributed by atoms with E-state index >= 15 is 0 Å². The number of carboxylic acid groups (broad SMARTS) is 1. The van der Waals surface area contributed by atoms with Gasteiger partial charge in [0.05, 0.1) is 0 Å². The molecular formula is C16H23ClN2O3. The van der Waals surface area contributed by atoms with Gasteiger partial charge in [0, 0.05) is 5.02 Å². The highest BCUT2D eigenvalue weighted by atomic mass is 35.5. The summed E-state index contributed by atoms with van der Waals surface area (Å²) < 4.78 is 0. The highest BCUT2D eigenvalue weighted by Gasteiger charge is 2.28. The van der Waals surface area contributed by atoms with Crippen LogP contribution in [0.1, 0.15) is 31.9 Å². The lowest BCUT2D eigenvalue weighted by Crippen LogP contribution is -2.46. The summed E-state index contributed by atoms with van der Waals surface area (Å²) in [5.74, 6) is -1.20. The average molecular weight is 327 g/mol. The molecule has 22 heavy (non-hydrogen) atoms. The van der Waals surface area contributed by atoms with E-state index in [1.165, 1.54) is 0 Å². The first-order valence-electron chi connectivity index (χ1n) is 7.17. The van der Waals surface area contributed by atoms with E-state index in [1.54, 1.807) is 43.3 Å². The molecule has 0 aliphatic rings. The molecule has 0 aromatic heterocycles. The third-order valence-electron chi connectivity index (χ3n) is 3.25. The van der Waals surface area contributed by atoms with E-state index in [0.29, 0.717) is 11.4 Å². The van der Waals surface area contributed by atoms with Crippen molar-refractivity contribution < 1.29 is 14.7 Å². The smallest absolute Gasteiger partial charge is 0.326 e. The van der Waals surface area contributed by atoms with Gasteiger partial charge in [-0.2, -0.15) is 0 Å². The molecule has 122 valence electrons. The van der Waals surface area contributed by atoms with Gasteiger partial charge in [0.15, 0.2) is 0 Å². The molecule has 6 heteroatoms. The first kappa shape index (κ1) is 18.5. The first-order chi connectivity index (χ1) is 10.2. The third-order valence-corrected chi connectivity index (χ3v) is 3.49. The molecule has 1 aromatic carbocycles. The number of aliphatic carboxylic acids is 1. The molecule has 0 aliphatic heterocycles. The predicted molar refractivity (Wildman–Crippen MR) is 86.9 cm³/mol. The predicted octanol–water partition coefficient (Wildman–Crippen LogP) is 2.56. The van der Waals surface area contributed by atoms with Gasteiger partial charge in [-0.15, -0.1) is 0 Å². The van der Waals surface area contributed by atoms with Gasteiger partial charge in [-0.25, -0.2) is 4.79 Å². The third kappa shape index (κ3) is 5.31. The van der Waals surface area contributed by atoms with Crippen LogP contribution in [0.15, 0.2) is 24.3 Å². The molecule has 1 amide bonds. The number of halogens is 1. The SMILES string of the molecule is CC(C)C[C@@H](NC(=O)C(c1cccc(Cl)c1)N(C)C)C(=O)O. The number of nitrogens with zero attached hydrogens (tertiary/aromatic N) is 1. The van der Waals surface area contributed by atoms with Gasteiger partial charge in [-0.3, -0.25) is 9.69 Å². The Labute approximate surface area is 136 Å². The van der Waals surface area contributed by atoms with Gasteiger partial charge in [0.25, 0.3) is 0 Å². The number of nitrogens with one attached hydrogen (secondary N) is 1. The number of likely N-dealkylation sites (N-methyl/N-ethyl adjacent to an activating group) is 1. The molecule has 0 radical (unpaired) electrons. The molecule has 1 aromatic rings. The first-order valence-corrected chi connectivity index (χ1v) is 7.55. The normalized spacial score (nSPS) is 14.0. The molecule has 2 N–H and O–H groups in total. The van der Waals surface area contributed by atoms with Crippen molar-refractivity contribution >= 4 is 23.5 Å².